The molecule has 13 rings (SSSR count). The van der Waals surface area contributed by atoms with Gasteiger partial charge in [0.1, 0.15) is 0 Å². The normalized spacial score (nSPS) is 13.9. The molecule has 0 fully saturated rings. The molecule has 0 aromatic heterocycles. The predicted molar refractivity (Wildman–Crippen MR) is 288 cm³/mol. The monoisotopic (exact) mass is 878 g/mol. The van der Waals surface area contributed by atoms with Gasteiger partial charge < -0.3 is 9.80 Å². The third-order valence-electron chi connectivity index (χ3n) is 14.3. The van der Waals surface area contributed by atoms with Crippen LogP contribution in [0.25, 0.3) is 55.6 Å². The zero-order valence-corrected chi connectivity index (χ0v) is 38.0. The molecular formula is C67H46N2. The van der Waals surface area contributed by atoms with Crippen LogP contribution >= 0.6 is 0 Å². The van der Waals surface area contributed by atoms with Crippen molar-refractivity contribution in [3.8, 4) is 55.6 Å². The van der Waals surface area contributed by atoms with E-state index in [0.29, 0.717) is 0 Å². The van der Waals surface area contributed by atoms with Crippen molar-refractivity contribution >= 4 is 34.1 Å². The summed E-state index contributed by atoms with van der Waals surface area (Å²) in [4.78, 5) is 4.78. The molecule has 2 aliphatic rings. The Morgan fingerprint density at radius 1 is 0.217 bits per heavy atom. The van der Waals surface area contributed by atoms with Crippen molar-refractivity contribution in [1.82, 2.24) is 0 Å². The molecular weight excluding hydrogens is 833 g/mol. The third-order valence-corrected chi connectivity index (χ3v) is 14.3. The number of nitrogens with zero attached hydrogens (tertiary/aromatic N) is 2. The summed E-state index contributed by atoms with van der Waals surface area (Å²) < 4.78 is 0. The molecule has 0 radical (unpaired) electrons. The number of rotatable bonds is 9. The van der Waals surface area contributed by atoms with Gasteiger partial charge in [-0.15, -0.1) is 0 Å². The van der Waals surface area contributed by atoms with Gasteiger partial charge in [-0.3, -0.25) is 0 Å². The quantitative estimate of drug-likeness (QED) is 0.143. The fraction of sp³-hybridized carbons (Fsp3) is 0.0149. The van der Waals surface area contributed by atoms with Gasteiger partial charge in [0, 0.05) is 34.0 Å². The average molecular weight is 879 g/mol. The maximum atomic E-state index is 2.48. The van der Waals surface area contributed by atoms with Crippen LogP contribution in [0.2, 0.25) is 0 Å². The Morgan fingerprint density at radius 3 is 1.12 bits per heavy atom. The number of anilines is 6. The first-order valence-electron chi connectivity index (χ1n) is 23.8. The number of hydrogen-bond acceptors (Lipinski definition) is 2. The second kappa shape index (κ2) is 16.7. The number of hydrogen-bond donors (Lipinski definition) is 0. The van der Waals surface area contributed by atoms with Gasteiger partial charge >= 0.3 is 0 Å². The Labute approximate surface area is 404 Å². The van der Waals surface area contributed by atoms with Gasteiger partial charge in [-0.25, -0.2) is 0 Å². The van der Waals surface area contributed by atoms with Crippen molar-refractivity contribution < 1.29 is 0 Å². The largest absolute Gasteiger partial charge is 0.311 e. The van der Waals surface area contributed by atoms with Gasteiger partial charge in [0.05, 0.1) is 11.1 Å². The van der Waals surface area contributed by atoms with E-state index in [4.69, 9.17) is 0 Å². The van der Waals surface area contributed by atoms with E-state index in [2.05, 4.69) is 289 Å². The number of benzene rings is 11. The highest BCUT2D eigenvalue weighted by Crippen LogP contribution is 2.65. The zero-order valence-electron chi connectivity index (χ0n) is 38.0. The lowest BCUT2D eigenvalue weighted by Gasteiger charge is -2.32. The molecule has 11 aromatic rings. The average Bonchev–Trinajstić information content (AvgIpc) is 3.90. The summed E-state index contributed by atoms with van der Waals surface area (Å²) in [6.07, 6.45) is 0. The number of fused-ring (bicyclic) bond motifs is 10. The highest BCUT2D eigenvalue weighted by atomic mass is 15.1. The molecule has 1 atom stereocenters. The van der Waals surface area contributed by atoms with Crippen LogP contribution in [0.15, 0.2) is 279 Å². The Hall–Kier alpha value is -8.98. The van der Waals surface area contributed by atoms with Crippen LogP contribution in [0.5, 0.6) is 0 Å². The maximum absolute atomic E-state index is 2.48. The molecule has 1 unspecified atom stereocenters. The Balaban J connectivity index is 0.978. The van der Waals surface area contributed by atoms with Crippen molar-refractivity contribution in [1.29, 1.82) is 0 Å². The van der Waals surface area contributed by atoms with Crippen LogP contribution in [0.4, 0.5) is 34.1 Å². The van der Waals surface area contributed by atoms with Crippen molar-refractivity contribution in [2.75, 3.05) is 9.80 Å². The van der Waals surface area contributed by atoms with Crippen LogP contribution in [-0.4, -0.2) is 0 Å². The minimum atomic E-state index is -0.540. The molecule has 1 spiro atoms. The van der Waals surface area contributed by atoms with Gasteiger partial charge in [-0.05, 0) is 145 Å². The second-order valence-electron chi connectivity index (χ2n) is 18.0. The standard InChI is InChI=1S/C67H46N2/c1-5-18-47(19-6-1)49-32-41-56(42-33-49)69(57-43-34-50(35-44-57)48-20-7-2-8-21-48)65-31-17-30-63-66(65)60-27-14-16-29-62(60)67(63)61-28-15-13-26-58(61)59-45-38-52(46-64(59)67)51-36-39-55(40-37-51)68(53-22-9-3-10-23-53)54-24-11-4-12-25-54/h1-46H. The summed E-state index contributed by atoms with van der Waals surface area (Å²) in [5.74, 6) is 0. The van der Waals surface area contributed by atoms with Crippen molar-refractivity contribution in [2.45, 2.75) is 5.41 Å². The molecule has 0 N–H and O–H groups in total. The summed E-state index contributed by atoms with van der Waals surface area (Å²) >= 11 is 0. The van der Waals surface area contributed by atoms with Crippen molar-refractivity contribution in [3.63, 3.8) is 0 Å². The summed E-state index contributed by atoms with van der Waals surface area (Å²) in [5.41, 5.74) is 23.7. The van der Waals surface area contributed by atoms with E-state index in [1.165, 1.54) is 77.9 Å². The van der Waals surface area contributed by atoms with Gasteiger partial charge in [-0.1, -0.05) is 206 Å². The van der Waals surface area contributed by atoms with Gasteiger partial charge in [0.2, 0.25) is 0 Å². The molecule has 2 aliphatic carbocycles. The van der Waals surface area contributed by atoms with E-state index in [1.54, 1.807) is 0 Å². The molecule has 2 nitrogen and oxygen atoms in total. The Morgan fingerprint density at radius 2 is 0.580 bits per heavy atom. The Bertz CT molecular complexity index is 3500. The first kappa shape index (κ1) is 40.3. The van der Waals surface area contributed by atoms with E-state index in [1.807, 2.05) is 0 Å². The van der Waals surface area contributed by atoms with Crippen LogP contribution in [0, 0.1) is 0 Å². The molecule has 0 bridgehead atoms. The summed E-state index contributed by atoms with van der Waals surface area (Å²) in [6, 6.07) is 102. The number of para-hydroxylation sites is 2. The third kappa shape index (κ3) is 6.64. The molecule has 2 heteroatoms. The molecule has 11 aromatic carbocycles. The van der Waals surface area contributed by atoms with E-state index in [9.17, 15) is 0 Å². The van der Waals surface area contributed by atoms with E-state index < -0.39 is 5.41 Å². The minimum Gasteiger partial charge on any atom is -0.311 e. The second-order valence-corrected chi connectivity index (χ2v) is 18.0. The van der Waals surface area contributed by atoms with Crippen molar-refractivity contribution in [3.05, 3.63) is 301 Å². The molecule has 0 amide bonds. The smallest absolute Gasteiger partial charge is 0.0726 e. The van der Waals surface area contributed by atoms with Gasteiger partial charge in [-0.2, -0.15) is 0 Å². The van der Waals surface area contributed by atoms with Crippen molar-refractivity contribution in [2.24, 2.45) is 0 Å². The summed E-state index contributed by atoms with van der Waals surface area (Å²) in [6.45, 7) is 0. The topological polar surface area (TPSA) is 6.48 Å². The molecule has 0 saturated carbocycles. The van der Waals surface area contributed by atoms with E-state index >= 15 is 0 Å². The molecule has 0 aliphatic heterocycles. The van der Waals surface area contributed by atoms with Crippen LogP contribution in [0.1, 0.15) is 22.3 Å². The first-order chi connectivity index (χ1) is 34.2. The lowest BCUT2D eigenvalue weighted by Crippen LogP contribution is -2.26. The summed E-state index contributed by atoms with van der Waals surface area (Å²) in [7, 11) is 0. The molecule has 324 valence electrons. The van der Waals surface area contributed by atoms with E-state index in [-0.39, 0.29) is 0 Å². The van der Waals surface area contributed by atoms with E-state index in [0.717, 1.165) is 34.1 Å². The molecule has 0 heterocycles. The van der Waals surface area contributed by atoms with Crippen LogP contribution < -0.4 is 9.80 Å². The molecule has 69 heavy (non-hydrogen) atoms. The minimum absolute atomic E-state index is 0.540. The lowest BCUT2D eigenvalue weighted by atomic mass is 9.70. The lowest BCUT2D eigenvalue weighted by molar-refractivity contribution is 0.794. The Kier molecular flexibility index (Phi) is 9.77. The zero-order chi connectivity index (χ0) is 45.7. The maximum Gasteiger partial charge on any atom is 0.0726 e. The SMILES string of the molecule is c1ccc(-c2ccc(N(c3ccc(-c4ccccc4)cc3)c3cccc4c3-c3ccccc3C43c4ccccc4-c4ccc(-c5ccc(N(c6ccccc6)c6ccccc6)cc5)cc43)cc2)cc1. The fourth-order valence-corrected chi connectivity index (χ4v) is 11.2. The van der Waals surface area contributed by atoms with Crippen LogP contribution in [-0.2, 0) is 5.41 Å². The highest BCUT2D eigenvalue weighted by molar-refractivity contribution is 6.01. The molecule has 0 saturated heterocycles. The summed E-state index contributed by atoms with van der Waals surface area (Å²) in [5, 5.41) is 0. The van der Waals surface area contributed by atoms with Gasteiger partial charge in [0.15, 0.2) is 0 Å². The highest BCUT2D eigenvalue weighted by Gasteiger charge is 2.52. The fourth-order valence-electron chi connectivity index (χ4n) is 11.2. The first-order valence-corrected chi connectivity index (χ1v) is 23.8. The van der Waals surface area contributed by atoms with Crippen LogP contribution in [0.3, 0.4) is 0 Å². The van der Waals surface area contributed by atoms with Gasteiger partial charge in [0.25, 0.3) is 0 Å². The predicted octanol–water partition coefficient (Wildman–Crippen LogP) is 18.0.